The van der Waals surface area contributed by atoms with Crippen molar-refractivity contribution in [3.8, 4) is 0 Å². The number of hydrogen-bond acceptors (Lipinski definition) is 19. The Morgan fingerprint density at radius 1 is 0.547 bits per heavy atom. The number of fused-ring (bicyclic) bond motifs is 3. The third-order valence-electron chi connectivity index (χ3n) is 26.1. The zero-order chi connectivity index (χ0) is 84.3. The van der Waals surface area contributed by atoms with Gasteiger partial charge in [0.05, 0.1) is 81.0 Å². The molecule has 0 saturated carbocycles. The van der Waals surface area contributed by atoms with Crippen molar-refractivity contribution in [2.75, 3.05) is 179 Å². The molecule has 6 fully saturated rings. The number of halogens is 3. The highest BCUT2D eigenvalue weighted by Gasteiger charge is 2.48. The lowest BCUT2D eigenvalue weighted by molar-refractivity contribution is -0.163. The summed E-state index contributed by atoms with van der Waals surface area (Å²) in [6, 6.07) is 24.8. The number of aliphatic carboxylic acids is 1. The topological polar surface area (TPSA) is 239 Å². The number of morpholine rings is 2. The second-order valence-electron chi connectivity index (χ2n) is 37.5. The summed E-state index contributed by atoms with van der Waals surface area (Å²) in [7, 11) is 0. The third-order valence-corrected chi connectivity index (χ3v) is 26.1. The molecule has 6 saturated heterocycles. The monoisotopic (exact) mass is 1620 g/mol. The Morgan fingerprint density at radius 2 is 1.02 bits per heavy atom. The normalized spacial score (nSPS) is 27.4. The van der Waals surface area contributed by atoms with Gasteiger partial charge in [-0.3, -0.25) is 63.3 Å². The molecule has 5 N–H and O–H groups in total. The van der Waals surface area contributed by atoms with Crippen molar-refractivity contribution in [1.29, 1.82) is 0 Å². The van der Waals surface area contributed by atoms with Crippen LogP contribution in [0.25, 0.3) is 0 Å². The lowest BCUT2D eigenvalue weighted by Crippen LogP contribution is -2.66. The molecular weight excluding hydrogens is 1490 g/mol. The summed E-state index contributed by atoms with van der Waals surface area (Å²) >= 11 is 0. The Labute approximate surface area is 691 Å². The number of rotatable bonds is 21. The maximum atomic E-state index is 15.4. The van der Waals surface area contributed by atoms with Crippen molar-refractivity contribution >= 4 is 46.7 Å². The number of anilines is 3. The number of ether oxygens (including phenoxy) is 2. The predicted molar refractivity (Wildman–Crippen MR) is 451 cm³/mol. The van der Waals surface area contributed by atoms with E-state index in [9.17, 15) is 43.0 Å². The zero-order valence-corrected chi connectivity index (χ0v) is 72.0. The van der Waals surface area contributed by atoms with Crippen LogP contribution in [0.15, 0.2) is 91.3 Å². The molecule has 11 heterocycles. The van der Waals surface area contributed by atoms with Crippen LogP contribution in [-0.2, 0) is 68.2 Å². The van der Waals surface area contributed by atoms with E-state index in [0.717, 1.165) is 122 Å². The molecule has 640 valence electrons. The maximum Gasteiger partial charge on any atom is 0.326 e. The summed E-state index contributed by atoms with van der Waals surface area (Å²) in [5.74, 6) is -1.09. The second-order valence-corrected chi connectivity index (χ2v) is 37.5. The largest absolute Gasteiger partial charge is 0.480 e. The molecule has 4 amide bonds. The molecule has 0 bridgehead atoms. The van der Waals surface area contributed by atoms with Gasteiger partial charge < -0.3 is 55.2 Å². The molecule has 24 nitrogen and oxygen atoms in total. The zero-order valence-electron chi connectivity index (χ0n) is 72.0. The number of carbonyl (C=O) groups excluding carboxylic acids is 4. The van der Waals surface area contributed by atoms with Crippen molar-refractivity contribution in [3.05, 3.63) is 148 Å². The summed E-state index contributed by atoms with van der Waals surface area (Å²) < 4.78 is 53.3. The minimum absolute atomic E-state index is 0.00892. The van der Waals surface area contributed by atoms with E-state index in [1.54, 1.807) is 39.1 Å². The molecule has 10 atom stereocenters. The number of aromatic nitrogens is 2. The van der Waals surface area contributed by atoms with Gasteiger partial charge in [0, 0.05) is 200 Å². The minimum atomic E-state index is -1.52. The Bertz CT molecular complexity index is 4310. The van der Waals surface area contributed by atoms with E-state index >= 15 is 4.39 Å². The second kappa shape index (κ2) is 36.9. The molecule has 3 aromatic carbocycles. The number of aliphatic hydroxyl groups excluding tert-OH is 1. The number of pyridine rings is 2. The fraction of sp³-hybridized carbons (Fsp3) is 0.633. The molecule has 9 aliphatic heterocycles. The fourth-order valence-corrected chi connectivity index (χ4v) is 18.8. The smallest absolute Gasteiger partial charge is 0.326 e. The highest BCUT2D eigenvalue weighted by atomic mass is 19.1. The van der Waals surface area contributed by atoms with Crippen LogP contribution < -0.4 is 30.7 Å². The van der Waals surface area contributed by atoms with E-state index in [4.69, 9.17) is 14.5 Å². The third kappa shape index (κ3) is 20.8. The average molecular weight is 1620 g/mol. The molecule has 14 rings (SSSR count). The van der Waals surface area contributed by atoms with Crippen LogP contribution in [0, 0.1) is 11.6 Å². The Hall–Kier alpha value is -7.38. The van der Waals surface area contributed by atoms with Crippen LogP contribution in [0.2, 0.25) is 0 Å². The first kappa shape index (κ1) is 88.9. The number of carbonyl (C=O) groups is 5. The van der Waals surface area contributed by atoms with E-state index < -0.39 is 22.7 Å². The van der Waals surface area contributed by atoms with Crippen LogP contribution in [0.1, 0.15) is 161 Å². The lowest BCUT2D eigenvalue weighted by atomic mass is 9.86. The Morgan fingerprint density at radius 3 is 1.54 bits per heavy atom. The molecule has 9 aliphatic rings. The van der Waals surface area contributed by atoms with E-state index in [2.05, 4.69) is 133 Å². The van der Waals surface area contributed by atoms with Gasteiger partial charge in [-0.25, -0.2) is 13.2 Å². The van der Waals surface area contributed by atoms with Crippen LogP contribution in [0.3, 0.4) is 0 Å². The molecule has 0 spiro atoms. The van der Waals surface area contributed by atoms with Crippen molar-refractivity contribution in [3.63, 3.8) is 0 Å². The van der Waals surface area contributed by atoms with Gasteiger partial charge in [0.25, 0.3) is 0 Å². The summed E-state index contributed by atoms with van der Waals surface area (Å²) in [6.45, 7) is 45.3. The molecule has 117 heavy (non-hydrogen) atoms. The maximum absolute atomic E-state index is 15.4. The Kier molecular flexibility index (Phi) is 28.0. The number of hydrogen-bond donors (Lipinski definition) is 5. The van der Waals surface area contributed by atoms with Gasteiger partial charge in [-0.05, 0) is 138 Å². The molecule has 5 aromatic rings. The first-order chi connectivity index (χ1) is 55.4. The first-order valence-corrected chi connectivity index (χ1v) is 42.5. The number of carboxylic acid groups (broad SMARTS) is 1. The number of piperazine rings is 4. The number of carboxylic acids is 1. The van der Waals surface area contributed by atoms with Gasteiger partial charge in [-0.15, -0.1) is 0 Å². The standard InChI is InChI=1S/C31H43FN4O3.C30H40FN5O4.C29H47FN6O2/c1-22-16-34(26(15-33-22)17-35-11-12-39-21-31(35,4)20-37)18-29(38)36-19-30(2,3)27-10-7-24(14-28(27)36)13-23-5-8-25(32)9-6-23;1-20-15-34(24(14-32-20)16-35-9-10-40-19-30(35,4)28(38)39)17-26(37)36-18-29(2,3)27-25(36)12-22(13-33-27)11-21-5-7-23(31)8-6-21;1-8-9-29(7,30)26-12-25-24(14-32-26)28(5,6)19-36(25)27(38)18-35-15-20(2)31-13-23(35)17-33-10-11-34(22(4)37)16-21(33)3/h5-10,14,22,26,33,37H,11-13,15-21H2,1-4H3;5-8,12-13,20,24,32H,9-11,14-19H2,1-4H3,(H,38,39);12,14,20-21,23,31H,8-11,13,15-19H2,1-7H3/t22-,26-,31+;20-,24-,30?;20-,21-,23-,29?/m111/s1. The van der Waals surface area contributed by atoms with Gasteiger partial charge in [-0.1, -0.05) is 91.3 Å². The van der Waals surface area contributed by atoms with Crippen molar-refractivity contribution in [1.82, 2.24) is 60.2 Å². The van der Waals surface area contributed by atoms with E-state index in [1.165, 1.54) is 29.8 Å². The van der Waals surface area contributed by atoms with Gasteiger partial charge in [0.2, 0.25) is 23.6 Å². The summed E-state index contributed by atoms with van der Waals surface area (Å²) in [5, 5.41) is 30.7. The summed E-state index contributed by atoms with van der Waals surface area (Å²) in [5.41, 5.74) is 6.55. The minimum Gasteiger partial charge on any atom is -0.480 e. The fourth-order valence-electron chi connectivity index (χ4n) is 18.8. The van der Waals surface area contributed by atoms with Gasteiger partial charge in [0.1, 0.15) is 22.8 Å². The molecule has 2 aromatic heterocycles. The van der Waals surface area contributed by atoms with Crippen LogP contribution in [0.4, 0.5) is 30.2 Å². The van der Waals surface area contributed by atoms with Gasteiger partial charge in [0.15, 0.2) is 0 Å². The average Bonchev–Trinajstić information content (AvgIpc) is 1.65. The van der Waals surface area contributed by atoms with Gasteiger partial charge in [-0.2, -0.15) is 0 Å². The van der Waals surface area contributed by atoms with Crippen LogP contribution in [0.5, 0.6) is 0 Å². The molecule has 0 radical (unpaired) electrons. The summed E-state index contributed by atoms with van der Waals surface area (Å²) in [4.78, 5) is 96.2. The summed E-state index contributed by atoms with van der Waals surface area (Å²) in [6.07, 6.45) is 6.05. The van der Waals surface area contributed by atoms with Crippen molar-refractivity contribution < 1.29 is 56.8 Å². The highest BCUT2D eigenvalue weighted by Crippen LogP contribution is 2.45. The van der Waals surface area contributed by atoms with Gasteiger partial charge >= 0.3 is 5.97 Å². The quantitative estimate of drug-likeness (QED) is 0.0468. The van der Waals surface area contributed by atoms with E-state index in [0.29, 0.717) is 116 Å². The molecular formula is C90H130F3N15O9. The first-order valence-electron chi connectivity index (χ1n) is 42.5. The van der Waals surface area contributed by atoms with E-state index in [-0.39, 0.29) is 101 Å². The molecule has 27 heteroatoms. The number of benzene rings is 3. The Balaban J connectivity index is 0.000000162. The lowest BCUT2D eigenvalue weighted by Gasteiger charge is -2.48. The van der Waals surface area contributed by atoms with E-state index in [1.807, 2.05) is 68.8 Å². The van der Waals surface area contributed by atoms with Crippen molar-refractivity contribution in [2.24, 2.45) is 0 Å². The number of amides is 4. The molecule has 2 unspecified atom stereocenters. The number of aliphatic hydroxyl groups is 1. The van der Waals surface area contributed by atoms with Crippen LogP contribution in [-0.4, -0.2) is 301 Å². The number of nitrogens with one attached hydrogen (secondary N) is 3. The number of alkyl halides is 1. The predicted octanol–water partition coefficient (Wildman–Crippen LogP) is 7.97. The van der Waals surface area contributed by atoms with Crippen LogP contribution >= 0.6 is 0 Å². The SMILES string of the molecule is CCCC(C)(F)c1cc2c(cn1)C(C)(C)CN2C(=O)CN1C[C@@H](C)NC[C@@H]1CN1CCN(C(C)=O)C[C@H]1C.C[C@@H]1CN(CC(=O)N2CC(C)(C)c3ccc(Cc4ccc(F)cc4)cc32)[C@@H](CN2CCOC[C@]2(C)CO)CN1.C[C@@H]1CN(CC(=O)N2CC(C)(C)c3ncc(Cc4ccc(F)cc4)cc32)[C@@H](CN2CCOCC2(C)C(=O)O)CN1. The highest BCUT2D eigenvalue weighted by molar-refractivity contribution is 5.99. The van der Waals surface area contributed by atoms with Crippen molar-refractivity contribution in [2.45, 2.75) is 205 Å². The number of nitrogens with zero attached hydrogens (tertiary/aromatic N) is 12. The molecule has 0 aliphatic carbocycles.